The van der Waals surface area contributed by atoms with Gasteiger partial charge in [-0.3, -0.25) is 9.78 Å². The number of hydrogen-bond donors (Lipinski definition) is 3. The molecule has 9 heteroatoms. The molecule has 0 saturated heterocycles. The van der Waals surface area contributed by atoms with Crippen molar-refractivity contribution in [2.75, 3.05) is 32.7 Å². The summed E-state index contributed by atoms with van der Waals surface area (Å²) in [5, 5.41) is 6.25. The van der Waals surface area contributed by atoms with E-state index >= 15 is 0 Å². The Labute approximate surface area is 196 Å². The number of carbonyl (C=O) groups is 1. The van der Waals surface area contributed by atoms with Gasteiger partial charge in [0, 0.05) is 37.0 Å². The summed E-state index contributed by atoms with van der Waals surface area (Å²) in [5.74, 6) is -0.0996. The van der Waals surface area contributed by atoms with Crippen molar-refractivity contribution in [3.63, 3.8) is 0 Å². The van der Waals surface area contributed by atoms with Gasteiger partial charge < -0.3 is 29.8 Å². The van der Waals surface area contributed by atoms with Gasteiger partial charge >= 0.3 is 0 Å². The van der Waals surface area contributed by atoms with E-state index in [4.69, 9.17) is 14.2 Å². The number of para-hydroxylation sites is 1. The third-order valence-corrected chi connectivity index (χ3v) is 6.14. The van der Waals surface area contributed by atoms with Crippen molar-refractivity contribution in [1.82, 2.24) is 15.3 Å². The molecule has 2 unspecified atom stereocenters. The van der Waals surface area contributed by atoms with E-state index in [0.717, 1.165) is 5.69 Å². The predicted octanol–water partition coefficient (Wildman–Crippen LogP) is 4.15. The smallest absolute Gasteiger partial charge is 0.255 e. The van der Waals surface area contributed by atoms with Crippen LogP contribution >= 0.6 is 0 Å². The molecule has 0 aliphatic carbocycles. The van der Waals surface area contributed by atoms with E-state index in [0.29, 0.717) is 53.5 Å². The zero-order chi connectivity index (χ0) is 23.7. The molecule has 0 saturated carbocycles. The zero-order valence-corrected chi connectivity index (χ0v) is 18.9. The van der Waals surface area contributed by atoms with Crippen molar-refractivity contribution in [2.45, 2.75) is 18.4 Å². The van der Waals surface area contributed by atoms with Crippen molar-refractivity contribution < 1.29 is 23.4 Å². The normalized spacial score (nSPS) is 20.1. The molecule has 2 aliphatic rings. The number of nitrogens with zero attached hydrogens (tertiary/aromatic N) is 1. The van der Waals surface area contributed by atoms with Gasteiger partial charge in [0.1, 0.15) is 18.5 Å². The van der Waals surface area contributed by atoms with Crippen LogP contribution in [0.25, 0.3) is 11.3 Å². The Bertz CT molecular complexity index is 1260. The molecule has 0 spiro atoms. The summed E-state index contributed by atoms with van der Waals surface area (Å²) < 4.78 is 31.3. The molecular formula is C25H25FN4O4. The van der Waals surface area contributed by atoms with Crippen LogP contribution < -0.4 is 20.1 Å². The molecule has 176 valence electrons. The lowest BCUT2D eigenvalue weighted by atomic mass is 9.93. The first-order valence-electron chi connectivity index (χ1n) is 11.0. The summed E-state index contributed by atoms with van der Waals surface area (Å²) in [4.78, 5) is 20.8. The molecule has 2 aromatic heterocycles. The average Bonchev–Trinajstić information content (AvgIpc) is 3.22. The van der Waals surface area contributed by atoms with E-state index in [1.165, 1.54) is 13.2 Å². The highest BCUT2D eigenvalue weighted by atomic mass is 19.1. The highest BCUT2D eigenvalue weighted by Crippen LogP contribution is 2.44. The van der Waals surface area contributed by atoms with Crippen LogP contribution in [0.2, 0.25) is 0 Å². The minimum atomic E-state index is -0.504. The first kappa shape index (κ1) is 22.0. The molecule has 2 aliphatic heterocycles. The number of hydrogen-bond acceptors (Lipinski definition) is 6. The third-order valence-electron chi connectivity index (χ3n) is 6.14. The highest BCUT2D eigenvalue weighted by molar-refractivity contribution is 6.07. The first-order chi connectivity index (χ1) is 16.6. The highest BCUT2D eigenvalue weighted by Gasteiger charge is 2.33. The maximum absolute atomic E-state index is 14.4. The quantitative estimate of drug-likeness (QED) is 0.502. The molecule has 2 atom stereocenters. The summed E-state index contributed by atoms with van der Waals surface area (Å²) in [7, 11) is 3.04. The van der Waals surface area contributed by atoms with Crippen molar-refractivity contribution in [3.8, 4) is 22.8 Å². The number of aromatic nitrogens is 2. The number of nitrogens with one attached hydrogen (secondary N) is 3. The van der Waals surface area contributed by atoms with Gasteiger partial charge in [0.05, 0.1) is 35.9 Å². The molecule has 0 fully saturated rings. The fourth-order valence-corrected chi connectivity index (χ4v) is 4.42. The Kier molecular flexibility index (Phi) is 5.93. The fraction of sp³-hybridized carbons (Fsp3) is 0.280. The Hall–Kier alpha value is -3.85. The van der Waals surface area contributed by atoms with Gasteiger partial charge in [0.15, 0.2) is 11.6 Å². The first-order valence-corrected chi connectivity index (χ1v) is 11.0. The van der Waals surface area contributed by atoms with Crippen LogP contribution in [0.15, 0.2) is 48.8 Å². The summed E-state index contributed by atoms with van der Waals surface area (Å²) in [6.45, 7) is 0.796. The van der Waals surface area contributed by atoms with Gasteiger partial charge in [0.25, 0.3) is 5.91 Å². The lowest BCUT2D eigenvalue weighted by molar-refractivity contribution is 0.0913. The summed E-state index contributed by atoms with van der Waals surface area (Å²) in [6, 6.07) is 6.42. The van der Waals surface area contributed by atoms with Crippen LogP contribution in [0.4, 0.5) is 15.8 Å². The van der Waals surface area contributed by atoms with Crippen LogP contribution in [0, 0.1) is 5.82 Å². The second kappa shape index (κ2) is 9.18. The molecule has 8 nitrogen and oxygen atoms in total. The Morgan fingerprint density at radius 3 is 2.97 bits per heavy atom. The van der Waals surface area contributed by atoms with Gasteiger partial charge in [0.2, 0.25) is 0 Å². The fourth-order valence-electron chi connectivity index (χ4n) is 4.42. The molecule has 0 radical (unpaired) electrons. The number of carbonyl (C=O) groups excluding carboxylic acids is 1. The van der Waals surface area contributed by atoms with Gasteiger partial charge in [-0.15, -0.1) is 0 Å². The number of aromatic amines is 1. The van der Waals surface area contributed by atoms with E-state index < -0.39 is 5.82 Å². The second-order valence-electron chi connectivity index (χ2n) is 8.14. The number of fused-ring (bicyclic) bond motifs is 3. The number of amides is 1. The van der Waals surface area contributed by atoms with Crippen molar-refractivity contribution in [1.29, 1.82) is 0 Å². The number of benzene rings is 1. The largest absolute Gasteiger partial charge is 0.492 e. The Morgan fingerprint density at radius 1 is 1.26 bits per heavy atom. The number of methoxy groups -OCH3 is 2. The molecule has 5 rings (SSSR count). The standard InChI is InChI=1S/C25H25FN4O4/c1-32-15-6-3-5-14-11-28-25(31)20-21(14)30-22(16-9-10-27-12-19(16)34-13-15)23(20)29-18-8-4-7-17(26)24(18)33-2/h3-4,6-10,12,14-15,29-30H,5,11,13H2,1-2H3,(H,28,31)/b6-3+. The van der Waals surface area contributed by atoms with Gasteiger partial charge in [-0.25, -0.2) is 4.39 Å². The van der Waals surface area contributed by atoms with E-state index in [1.54, 1.807) is 31.6 Å². The van der Waals surface area contributed by atoms with Crippen molar-refractivity contribution in [3.05, 3.63) is 65.9 Å². The Balaban J connectivity index is 1.72. The monoisotopic (exact) mass is 464 g/mol. The molecule has 3 aromatic rings. The SMILES string of the molecule is COc1c(F)cccc1Nc1c2[nH]c3c1C(=O)NCC3C/C=C/C(OC)COc1cnccc1-2. The van der Waals surface area contributed by atoms with Crippen LogP contribution in [0.5, 0.6) is 11.5 Å². The maximum atomic E-state index is 14.4. The van der Waals surface area contributed by atoms with E-state index in [-0.39, 0.29) is 23.7 Å². The van der Waals surface area contributed by atoms with E-state index in [9.17, 15) is 9.18 Å². The Morgan fingerprint density at radius 2 is 2.15 bits per heavy atom. The maximum Gasteiger partial charge on any atom is 0.255 e. The molecule has 4 heterocycles. The molecule has 1 amide bonds. The summed E-state index contributed by atoms with van der Waals surface area (Å²) >= 11 is 0. The van der Waals surface area contributed by atoms with Crippen LogP contribution in [-0.2, 0) is 4.74 Å². The van der Waals surface area contributed by atoms with Gasteiger partial charge in [-0.05, 0) is 24.6 Å². The molecule has 34 heavy (non-hydrogen) atoms. The molecule has 2 bridgehead atoms. The number of allylic oxidation sites excluding steroid dienone is 1. The van der Waals surface area contributed by atoms with Crippen LogP contribution in [0.3, 0.4) is 0 Å². The number of ether oxygens (including phenoxy) is 3. The number of rotatable bonds is 4. The number of pyridine rings is 1. The number of halogens is 1. The molecule has 1 aromatic carbocycles. The molecule has 3 N–H and O–H groups in total. The predicted molar refractivity (Wildman–Crippen MR) is 125 cm³/mol. The second-order valence-corrected chi connectivity index (χ2v) is 8.14. The van der Waals surface area contributed by atoms with Crippen molar-refractivity contribution in [2.24, 2.45) is 0 Å². The van der Waals surface area contributed by atoms with Gasteiger partial charge in [-0.1, -0.05) is 18.2 Å². The molecular weight excluding hydrogens is 439 g/mol. The summed E-state index contributed by atoms with van der Waals surface area (Å²) in [6.07, 6.45) is 7.76. The minimum Gasteiger partial charge on any atom is -0.492 e. The topological polar surface area (TPSA) is 97.5 Å². The summed E-state index contributed by atoms with van der Waals surface area (Å²) in [5.41, 5.74) is 3.57. The third kappa shape index (κ3) is 3.88. The van der Waals surface area contributed by atoms with Gasteiger partial charge in [-0.2, -0.15) is 0 Å². The number of H-pyrrole nitrogens is 1. The van der Waals surface area contributed by atoms with E-state index in [2.05, 4.69) is 20.6 Å². The number of anilines is 2. The zero-order valence-electron chi connectivity index (χ0n) is 18.9. The lowest BCUT2D eigenvalue weighted by Gasteiger charge is -2.23. The minimum absolute atomic E-state index is 0.0239. The van der Waals surface area contributed by atoms with Crippen LogP contribution in [-0.4, -0.2) is 49.4 Å². The van der Waals surface area contributed by atoms with Crippen molar-refractivity contribution >= 4 is 17.3 Å². The van der Waals surface area contributed by atoms with Crippen LogP contribution in [0.1, 0.15) is 28.4 Å². The average molecular weight is 464 g/mol. The van der Waals surface area contributed by atoms with E-state index in [1.807, 2.05) is 18.2 Å². The lowest BCUT2D eigenvalue weighted by Crippen LogP contribution is -2.35.